The number of aromatic nitrogens is 1. The minimum atomic E-state index is 0.0181. The van der Waals surface area contributed by atoms with E-state index < -0.39 is 0 Å². The SMILES string of the molecule is C[N+](C)(C)CCOc1ccc2c(=O)c3ccc(OCC[N+](C)(C)C)cc3[nH]c2c1. The third kappa shape index (κ3) is 5.71. The van der Waals surface area contributed by atoms with Gasteiger partial charge in [-0.2, -0.15) is 0 Å². The number of fused-ring (bicyclic) bond motifs is 2. The van der Waals surface area contributed by atoms with Gasteiger partial charge in [-0.1, -0.05) is 0 Å². The predicted molar refractivity (Wildman–Crippen MR) is 119 cm³/mol. The number of quaternary nitrogens is 2. The average Bonchev–Trinajstić information content (AvgIpc) is 2.59. The van der Waals surface area contributed by atoms with Crippen molar-refractivity contribution < 1.29 is 18.4 Å². The molecule has 29 heavy (non-hydrogen) atoms. The Morgan fingerprint density at radius 2 is 1.14 bits per heavy atom. The second-order valence-corrected chi connectivity index (χ2v) is 9.59. The van der Waals surface area contributed by atoms with Crippen LogP contribution in [0, 0.1) is 0 Å². The number of aromatic amines is 1. The minimum Gasteiger partial charge on any atom is -0.488 e. The van der Waals surface area contributed by atoms with Crippen LogP contribution in [0.1, 0.15) is 0 Å². The molecular formula is C23H33N3O3+2. The van der Waals surface area contributed by atoms with Crippen molar-refractivity contribution in [1.29, 1.82) is 0 Å². The van der Waals surface area contributed by atoms with Gasteiger partial charge in [-0.05, 0) is 24.3 Å². The molecule has 0 saturated heterocycles. The number of benzene rings is 2. The smallest absolute Gasteiger partial charge is 0.197 e. The Bertz CT molecular complexity index is 978. The number of hydrogen-bond acceptors (Lipinski definition) is 3. The van der Waals surface area contributed by atoms with E-state index in [1.807, 2.05) is 36.4 Å². The third-order valence-electron chi connectivity index (χ3n) is 4.80. The van der Waals surface area contributed by atoms with E-state index in [0.717, 1.165) is 44.6 Å². The fourth-order valence-corrected chi connectivity index (χ4v) is 2.99. The lowest BCUT2D eigenvalue weighted by Crippen LogP contribution is -2.38. The molecule has 6 nitrogen and oxygen atoms in total. The first kappa shape index (κ1) is 21.1. The van der Waals surface area contributed by atoms with Gasteiger partial charge >= 0.3 is 0 Å². The van der Waals surface area contributed by atoms with Crippen molar-refractivity contribution in [3.8, 4) is 11.5 Å². The summed E-state index contributed by atoms with van der Waals surface area (Å²) in [6.45, 7) is 3.05. The van der Waals surface area contributed by atoms with Crippen molar-refractivity contribution in [1.82, 2.24) is 4.98 Å². The molecule has 0 spiro atoms. The van der Waals surface area contributed by atoms with E-state index in [1.165, 1.54) is 0 Å². The topological polar surface area (TPSA) is 51.3 Å². The Morgan fingerprint density at radius 1 is 0.724 bits per heavy atom. The number of pyridine rings is 1. The number of rotatable bonds is 8. The summed E-state index contributed by atoms with van der Waals surface area (Å²) in [7, 11) is 12.8. The lowest BCUT2D eigenvalue weighted by atomic mass is 10.1. The number of nitrogens with one attached hydrogen (secondary N) is 1. The maximum Gasteiger partial charge on any atom is 0.197 e. The van der Waals surface area contributed by atoms with E-state index in [0.29, 0.717) is 24.0 Å². The molecule has 0 unspecified atom stereocenters. The molecule has 156 valence electrons. The molecule has 0 amide bonds. The van der Waals surface area contributed by atoms with Gasteiger partial charge in [0.25, 0.3) is 0 Å². The zero-order valence-corrected chi connectivity index (χ0v) is 18.4. The minimum absolute atomic E-state index is 0.0181. The Hall–Kier alpha value is -2.57. The van der Waals surface area contributed by atoms with Gasteiger partial charge in [0.2, 0.25) is 0 Å². The summed E-state index contributed by atoms with van der Waals surface area (Å²) in [6.07, 6.45) is 0. The first-order valence-electron chi connectivity index (χ1n) is 9.98. The van der Waals surface area contributed by atoms with Gasteiger partial charge in [-0.3, -0.25) is 4.79 Å². The van der Waals surface area contributed by atoms with Crippen LogP contribution in [-0.4, -0.2) is 82.5 Å². The summed E-state index contributed by atoms with van der Waals surface area (Å²) in [5.74, 6) is 1.52. The normalized spacial score (nSPS) is 12.5. The van der Waals surface area contributed by atoms with Crippen LogP contribution in [0.2, 0.25) is 0 Å². The zero-order chi connectivity index (χ0) is 21.2. The third-order valence-corrected chi connectivity index (χ3v) is 4.80. The molecular weight excluding hydrogens is 366 g/mol. The molecule has 3 aromatic rings. The van der Waals surface area contributed by atoms with Gasteiger partial charge in [0.05, 0.1) is 53.3 Å². The highest BCUT2D eigenvalue weighted by Gasteiger charge is 2.11. The zero-order valence-electron chi connectivity index (χ0n) is 18.4. The molecule has 3 rings (SSSR count). The van der Waals surface area contributed by atoms with Crippen LogP contribution in [0.5, 0.6) is 11.5 Å². The van der Waals surface area contributed by atoms with Crippen molar-refractivity contribution in [3.63, 3.8) is 0 Å². The van der Waals surface area contributed by atoms with E-state index in [-0.39, 0.29) is 5.43 Å². The fourth-order valence-electron chi connectivity index (χ4n) is 2.99. The number of ether oxygens (including phenoxy) is 2. The fraction of sp³-hybridized carbons (Fsp3) is 0.435. The monoisotopic (exact) mass is 399 g/mol. The predicted octanol–water partition coefficient (Wildman–Crippen LogP) is 2.85. The summed E-state index contributed by atoms with van der Waals surface area (Å²) in [4.78, 5) is 16.3. The number of hydrogen-bond donors (Lipinski definition) is 1. The van der Waals surface area contributed by atoms with E-state index in [2.05, 4.69) is 47.3 Å². The van der Waals surface area contributed by atoms with Gasteiger partial charge in [0.15, 0.2) is 5.43 Å². The van der Waals surface area contributed by atoms with Crippen LogP contribution in [0.3, 0.4) is 0 Å². The van der Waals surface area contributed by atoms with Gasteiger partial charge in [0, 0.05) is 22.9 Å². The molecule has 6 heteroatoms. The molecule has 0 aliphatic rings. The molecule has 0 bridgehead atoms. The largest absolute Gasteiger partial charge is 0.488 e. The Labute approximate surface area is 172 Å². The molecule has 1 aromatic heterocycles. The second kappa shape index (κ2) is 8.05. The Balaban J connectivity index is 1.85. The quantitative estimate of drug-likeness (QED) is 0.468. The van der Waals surface area contributed by atoms with E-state index in [4.69, 9.17) is 9.47 Å². The molecule has 2 aromatic carbocycles. The lowest BCUT2D eigenvalue weighted by molar-refractivity contribution is -0.870. The molecule has 0 aliphatic heterocycles. The molecule has 0 radical (unpaired) electrons. The van der Waals surface area contributed by atoms with Crippen LogP contribution in [0.4, 0.5) is 0 Å². The standard InChI is InChI=1S/C23H32N3O3/c1-25(2,3)11-13-28-17-7-9-19-21(15-17)24-22-16-18(8-10-20(22)23(19)27)29-14-12-26(4,5)6/h7-10,15-16H,11-14H2,1-6H3/q+1/p+1. The first-order chi connectivity index (χ1) is 13.5. The highest BCUT2D eigenvalue weighted by atomic mass is 16.5. The van der Waals surface area contributed by atoms with E-state index in [1.54, 1.807) is 0 Å². The summed E-state index contributed by atoms with van der Waals surface area (Å²) in [6, 6.07) is 11.2. The molecule has 0 atom stereocenters. The first-order valence-corrected chi connectivity index (χ1v) is 9.98. The molecule has 1 heterocycles. The van der Waals surface area contributed by atoms with Crippen LogP contribution in [-0.2, 0) is 0 Å². The molecule has 1 N–H and O–H groups in total. The van der Waals surface area contributed by atoms with Crippen molar-refractivity contribution in [2.24, 2.45) is 0 Å². The van der Waals surface area contributed by atoms with Crippen molar-refractivity contribution in [2.45, 2.75) is 0 Å². The van der Waals surface area contributed by atoms with Gasteiger partial charge in [-0.25, -0.2) is 0 Å². The average molecular weight is 400 g/mol. The second-order valence-electron chi connectivity index (χ2n) is 9.59. The summed E-state index contributed by atoms with van der Waals surface area (Å²) >= 11 is 0. The van der Waals surface area contributed by atoms with Crippen LogP contribution in [0.25, 0.3) is 21.8 Å². The number of H-pyrrole nitrogens is 1. The van der Waals surface area contributed by atoms with Crippen molar-refractivity contribution >= 4 is 21.8 Å². The molecule has 0 saturated carbocycles. The summed E-state index contributed by atoms with van der Waals surface area (Å²) in [5.41, 5.74) is 1.56. The van der Waals surface area contributed by atoms with Gasteiger partial charge in [-0.15, -0.1) is 0 Å². The number of likely N-dealkylation sites (N-methyl/N-ethyl adjacent to an activating group) is 2. The van der Waals surface area contributed by atoms with E-state index in [9.17, 15) is 4.79 Å². The van der Waals surface area contributed by atoms with Crippen LogP contribution in [0.15, 0.2) is 41.2 Å². The Morgan fingerprint density at radius 3 is 1.52 bits per heavy atom. The van der Waals surface area contributed by atoms with Crippen LogP contribution < -0.4 is 14.9 Å². The Kier molecular flexibility index (Phi) is 5.87. The van der Waals surface area contributed by atoms with Gasteiger partial charge < -0.3 is 23.4 Å². The summed E-state index contributed by atoms with van der Waals surface area (Å²) in [5, 5.41) is 1.32. The highest BCUT2D eigenvalue weighted by molar-refractivity contribution is 5.93. The van der Waals surface area contributed by atoms with Crippen molar-refractivity contribution in [2.75, 3.05) is 68.6 Å². The lowest BCUT2D eigenvalue weighted by Gasteiger charge is -2.23. The molecule has 0 aliphatic carbocycles. The summed E-state index contributed by atoms with van der Waals surface area (Å²) < 4.78 is 13.5. The maximum absolute atomic E-state index is 12.9. The highest BCUT2D eigenvalue weighted by Crippen LogP contribution is 2.23. The maximum atomic E-state index is 12.9. The van der Waals surface area contributed by atoms with Crippen LogP contribution >= 0.6 is 0 Å². The number of nitrogens with zero attached hydrogens (tertiary/aromatic N) is 2. The van der Waals surface area contributed by atoms with E-state index >= 15 is 0 Å². The van der Waals surface area contributed by atoms with Gasteiger partial charge in [0.1, 0.15) is 37.8 Å². The molecule has 0 fully saturated rings. The van der Waals surface area contributed by atoms with Crippen molar-refractivity contribution in [3.05, 3.63) is 46.6 Å².